The number of hydrogen-bond donors (Lipinski definition) is 1. The second kappa shape index (κ2) is 12.3. The summed E-state index contributed by atoms with van der Waals surface area (Å²) in [6, 6.07) is 7.05. The van der Waals surface area contributed by atoms with Gasteiger partial charge in [0.25, 0.3) is 0 Å². The lowest BCUT2D eigenvalue weighted by Crippen LogP contribution is -2.18. The summed E-state index contributed by atoms with van der Waals surface area (Å²) in [7, 11) is 2.41. The third-order valence-electron chi connectivity index (χ3n) is 5.08. The molecule has 1 heterocycles. The van der Waals surface area contributed by atoms with Crippen LogP contribution in [-0.4, -0.2) is 52.6 Å². The Labute approximate surface area is 215 Å². The third-order valence-corrected chi connectivity index (χ3v) is 6.04. The number of carbonyl (C=O) groups excluding carboxylic acids is 3. The molecule has 1 amide bonds. The molecular formula is C24H24F2N4O6S. The summed E-state index contributed by atoms with van der Waals surface area (Å²) in [6.07, 6.45) is -0.723. The van der Waals surface area contributed by atoms with Crippen molar-refractivity contribution >= 4 is 35.3 Å². The number of benzene rings is 2. The van der Waals surface area contributed by atoms with E-state index in [2.05, 4.69) is 20.3 Å². The van der Waals surface area contributed by atoms with Gasteiger partial charge in [-0.05, 0) is 44.2 Å². The number of rotatable bonds is 10. The van der Waals surface area contributed by atoms with Crippen molar-refractivity contribution in [2.24, 2.45) is 0 Å². The van der Waals surface area contributed by atoms with Crippen LogP contribution in [-0.2, 0) is 20.8 Å². The van der Waals surface area contributed by atoms with Crippen LogP contribution in [0.4, 0.5) is 14.5 Å². The predicted molar refractivity (Wildman–Crippen MR) is 130 cm³/mol. The summed E-state index contributed by atoms with van der Waals surface area (Å²) < 4.78 is 43.9. The number of amides is 1. The fourth-order valence-electron chi connectivity index (χ4n) is 3.32. The average molecular weight is 535 g/mol. The first kappa shape index (κ1) is 27.6. The van der Waals surface area contributed by atoms with Crippen LogP contribution in [0.15, 0.2) is 41.6 Å². The molecule has 0 fully saturated rings. The van der Waals surface area contributed by atoms with E-state index in [1.165, 1.54) is 38.5 Å². The lowest BCUT2D eigenvalue weighted by Gasteiger charge is -2.16. The van der Waals surface area contributed by atoms with E-state index in [4.69, 9.17) is 9.47 Å². The molecule has 13 heteroatoms. The molecule has 1 N–H and O–H groups in total. The average Bonchev–Trinajstić information content (AvgIpc) is 3.31. The first-order valence-corrected chi connectivity index (χ1v) is 11.9. The monoisotopic (exact) mass is 534 g/mol. The van der Waals surface area contributed by atoms with Gasteiger partial charge in [0, 0.05) is 12.6 Å². The fourth-order valence-corrected chi connectivity index (χ4v) is 4.12. The summed E-state index contributed by atoms with van der Waals surface area (Å²) in [4.78, 5) is 36.7. The Morgan fingerprint density at radius 1 is 1.05 bits per heavy atom. The van der Waals surface area contributed by atoms with Gasteiger partial charge in [-0.3, -0.25) is 4.79 Å². The van der Waals surface area contributed by atoms with Crippen LogP contribution in [0.25, 0.3) is 0 Å². The number of aromatic nitrogens is 3. The molecule has 1 unspecified atom stereocenters. The first-order chi connectivity index (χ1) is 17.7. The molecule has 10 nitrogen and oxygen atoms in total. The summed E-state index contributed by atoms with van der Waals surface area (Å²) >= 11 is 1.07. The van der Waals surface area contributed by atoms with Crippen molar-refractivity contribution in [1.82, 2.24) is 14.8 Å². The second-order valence-corrected chi connectivity index (χ2v) is 8.44. The van der Waals surface area contributed by atoms with Crippen molar-refractivity contribution in [2.75, 3.05) is 25.3 Å². The Kier molecular flexibility index (Phi) is 9.17. The van der Waals surface area contributed by atoms with Crippen LogP contribution in [0.5, 0.6) is 5.75 Å². The number of halogens is 2. The van der Waals surface area contributed by atoms with Crippen molar-refractivity contribution in [3.8, 4) is 5.75 Å². The SMILES string of the molecule is CCn1c(SCC(=O)Nc2cc(C(=O)OC)ccc2C(=O)OC)nnc1C(C)Oc1ccc(F)cc1F. The Balaban J connectivity index is 1.72. The van der Waals surface area contributed by atoms with Crippen LogP contribution in [0, 0.1) is 11.6 Å². The molecule has 1 aromatic heterocycles. The molecule has 1 atom stereocenters. The molecule has 0 bridgehead atoms. The molecule has 0 aliphatic heterocycles. The van der Waals surface area contributed by atoms with E-state index >= 15 is 0 Å². The maximum Gasteiger partial charge on any atom is 0.339 e. The highest BCUT2D eigenvalue weighted by atomic mass is 32.2. The van der Waals surface area contributed by atoms with Crippen LogP contribution < -0.4 is 10.1 Å². The van der Waals surface area contributed by atoms with E-state index < -0.39 is 35.6 Å². The molecule has 0 saturated carbocycles. The molecule has 0 radical (unpaired) electrons. The van der Waals surface area contributed by atoms with Crippen molar-refractivity contribution < 1.29 is 37.4 Å². The minimum Gasteiger partial charge on any atom is -0.480 e. The maximum absolute atomic E-state index is 14.0. The number of nitrogens with zero attached hydrogens (tertiary/aromatic N) is 3. The molecule has 0 aliphatic rings. The van der Waals surface area contributed by atoms with E-state index in [9.17, 15) is 23.2 Å². The molecule has 196 valence electrons. The second-order valence-electron chi connectivity index (χ2n) is 7.50. The molecule has 0 spiro atoms. The number of ether oxygens (including phenoxy) is 3. The highest BCUT2D eigenvalue weighted by Crippen LogP contribution is 2.27. The number of anilines is 1. The van der Waals surface area contributed by atoms with Gasteiger partial charge in [0.1, 0.15) is 5.82 Å². The Bertz CT molecular complexity index is 1320. The van der Waals surface area contributed by atoms with Gasteiger partial charge >= 0.3 is 11.9 Å². The van der Waals surface area contributed by atoms with E-state index in [-0.39, 0.29) is 28.3 Å². The van der Waals surface area contributed by atoms with E-state index in [1.54, 1.807) is 11.5 Å². The van der Waals surface area contributed by atoms with Crippen LogP contribution in [0.2, 0.25) is 0 Å². The lowest BCUT2D eigenvalue weighted by atomic mass is 10.1. The first-order valence-electron chi connectivity index (χ1n) is 11.0. The Hall–Kier alpha value is -4.00. The van der Waals surface area contributed by atoms with Crippen molar-refractivity contribution in [3.05, 3.63) is 65.0 Å². The minimum atomic E-state index is -0.844. The smallest absolute Gasteiger partial charge is 0.339 e. The Morgan fingerprint density at radius 3 is 2.43 bits per heavy atom. The molecule has 37 heavy (non-hydrogen) atoms. The van der Waals surface area contributed by atoms with Crippen LogP contribution in [0.3, 0.4) is 0 Å². The number of methoxy groups -OCH3 is 2. The van der Waals surface area contributed by atoms with E-state index in [0.717, 1.165) is 23.9 Å². The highest BCUT2D eigenvalue weighted by Gasteiger charge is 2.22. The minimum absolute atomic E-state index is 0.0616. The lowest BCUT2D eigenvalue weighted by molar-refractivity contribution is -0.113. The van der Waals surface area contributed by atoms with Crippen molar-refractivity contribution in [3.63, 3.8) is 0 Å². The number of carbonyl (C=O) groups is 3. The van der Waals surface area contributed by atoms with Crippen LogP contribution in [0.1, 0.15) is 46.5 Å². The molecule has 2 aromatic carbocycles. The van der Waals surface area contributed by atoms with Crippen LogP contribution >= 0.6 is 11.8 Å². The summed E-state index contributed by atoms with van der Waals surface area (Å²) in [5.41, 5.74) is 0.285. The molecular weight excluding hydrogens is 510 g/mol. The number of esters is 2. The summed E-state index contributed by atoms with van der Waals surface area (Å²) in [5, 5.41) is 11.2. The van der Waals surface area contributed by atoms with Gasteiger partial charge in [0.05, 0.1) is 36.8 Å². The molecule has 3 rings (SSSR count). The van der Waals surface area contributed by atoms with Crippen molar-refractivity contribution in [1.29, 1.82) is 0 Å². The van der Waals surface area contributed by atoms with Gasteiger partial charge in [0.2, 0.25) is 5.91 Å². The standard InChI is InChI=1S/C24H24F2N4O6S/c1-5-30-21(13(2)36-19-9-7-15(25)11-17(19)26)28-29-24(30)37-12-20(31)27-18-10-14(22(32)34-3)6-8-16(18)23(33)35-4/h6-11,13H,5,12H2,1-4H3,(H,27,31). The normalized spacial score (nSPS) is 11.5. The van der Waals surface area contributed by atoms with E-state index in [0.29, 0.717) is 17.5 Å². The predicted octanol–water partition coefficient (Wildman–Crippen LogP) is 4.02. The van der Waals surface area contributed by atoms with Gasteiger partial charge < -0.3 is 24.1 Å². The zero-order chi connectivity index (χ0) is 27.1. The number of thioether (sulfide) groups is 1. The highest BCUT2D eigenvalue weighted by molar-refractivity contribution is 7.99. The quantitative estimate of drug-likeness (QED) is 0.304. The molecule has 3 aromatic rings. The molecule has 0 aliphatic carbocycles. The van der Waals surface area contributed by atoms with Gasteiger partial charge in [-0.25, -0.2) is 18.4 Å². The molecule has 0 saturated heterocycles. The largest absolute Gasteiger partial charge is 0.480 e. The number of hydrogen-bond acceptors (Lipinski definition) is 9. The summed E-state index contributed by atoms with van der Waals surface area (Å²) in [5.74, 6) is -3.24. The van der Waals surface area contributed by atoms with Gasteiger partial charge in [-0.2, -0.15) is 0 Å². The zero-order valence-corrected chi connectivity index (χ0v) is 21.2. The summed E-state index contributed by atoms with van der Waals surface area (Å²) in [6.45, 7) is 3.91. The number of nitrogens with one attached hydrogen (secondary N) is 1. The zero-order valence-electron chi connectivity index (χ0n) is 20.4. The maximum atomic E-state index is 14.0. The third kappa shape index (κ3) is 6.61. The van der Waals surface area contributed by atoms with Gasteiger partial charge in [0.15, 0.2) is 28.7 Å². The van der Waals surface area contributed by atoms with E-state index in [1.807, 2.05) is 6.92 Å². The van der Waals surface area contributed by atoms with Gasteiger partial charge in [-0.1, -0.05) is 11.8 Å². The Morgan fingerprint density at radius 2 is 1.78 bits per heavy atom. The van der Waals surface area contributed by atoms with Gasteiger partial charge in [-0.15, -0.1) is 10.2 Å². The topological polar surface area (TPSA) is 122 Å². The fraction of sp³-hybridized carbons (Fsp3) is 0.292. The van der Waals surface area contributed by atoms with Crippen molar-refractivity contribution in [2.45, 2.75) is 31.7 Å².